The zero-order valence-corrected chi connectivity index (χ0v) is 13.9. The van der Waals surface area contributed by atoms with Crippen molar-refractivity contribution in [3.05, 3.63) is 58.9 Å². The van der Waals surface area contributed by atoms with Crippen LogP contribution in [0.3, 0.4) is 0 Å². The molecule has 1 aromatic carbocycles. The van der Waals surface area contributed by atoms with Crippen molar-refractivity contribution in [1.29, 1.82) is 0 Å². The normalized spacial score (nSPS) is 26.5. The van der Waals surface area contributed by atoms with E-state index in [4.69, 9.17) is 0 Å². The van der Waals surface area contributed by atoms with E-state index in [2.05, 4.69) is 48.0 Å². The lowest BCUT2D eigenvalue weighted by atomic mass is 10.0. The van der Waals surface area contributed by atoms with Crippen LogP contribution in [-0.4, -0.2) is 22.3 Å². The Morgan fingerprint density at radius 3 is 2.83 bits per heavy atom. The first-order valence-corrected chi connectivity index (χ1v) is 8.66. The lowest BCUT2D eigenvalue weighted by molar-refractivity contribution is -0.133. The fraction of sp³-hybridized carbons (Fsp3) is 0.450. The Kier molecular flexibility index (Phi) is 3.51. The Hall–Kier alpha value is -2.03. The second-order valence-corrected chi connectivity index (χ2v) is 7.11. The van der Waals surface area contributed by atoms with Crippen molar-refractivity contribution in [2.75, 3.05) is 6.54 Å². The first-order chi connectivity index (χ1) is 11.1. The smallest absolute Gasteiger partial charge is 0.226 e. The fourth-order valence-electron chi connectivity index (χ4n) is 3.95. The van der Waals surface area contributed by atoms with E-state index in [0.717, 1.165) is 25.8 Å². The summed E-state index contributed by atoms with van der Waals surface area (Å²) in [6.07, 6.45) is 5.14. The number of aryl methyl sites for hydroxylation is 2. The zero-order chi connectivity index (χ0) is 16.0. The standard InChI is InChI=1S/C20H24N2O/c1-13-7-8-15(11-14(13)2)16-12-17(16)20(23)22-10-4-6-19(22)18-5-3-9-21-18/h3,5,7-9,11,16-17,19,21H,4,6,10,12H2,1-2H3/t16-,17-,19-/m0/s1. The molecule has 0 radical (unpaired) electrons. The van der Waals surface area contributed by atoms with Gasteiger partial charge in [-0.25, -0.2) is 0 Å². The van der Waals surface area contributed by atoms with Gasteiger partial charge in [-0.05, 0) is 67.9 Å². The van der Waals surface area contributed by atoms with Crippen LogP contribution >= 0.6 is 0 Å². The Morgan fingerprint density at radius 1 is 1.22 bits per heavy atom. The molecule has 2 heterocycles. The second-order valence-electron chi connectivity index (χ2n) is 7.11. The number of nitrogens with zero attached hydrogens (tertiary/aromatic N) is 1. The molecule has 1 aliphatic heterocycles. The van der Waals surface area contributed by atoms with Crippen LogP contribution in [0, 0.1) is 19.8 Å². The molecule has 3 heteroatoms. The van der Waals surface area contributed by atoms with Crippen LogP contribution in [0.5, 0.6) is 0 Å². The summed E-state index contributed by atoms with van der Waals surface area (Å²) in [4.78, 5) is 18.4. The predicted molar refractivity (Wildman–Crippen MR) is 91.2 cm³/mol. The molecule has 1 amide bonds. The maximum absolute atomic E-state index is 13.0. The van der Waals surface area contributed by atoms with Crippen LogP contribution in [-0.2, 0) is 4.79 Å². The van der Waals surface area contributed by atoms with Gasteiger partial charge in [-0.2, -0.15) is 0 Å². The SMILES string of the molecule is Cc1ccc([C@@H]2C[C@@H]2C(=O)N2CCC[C@H]2c2ccc[nH]2)cc1C. The highest BCUT2D eigenvalue weighted by atomic mass is 16.2. The molecule has 1 aliphatic carbocycles. The molecule has 2 fully saturated rings. The number of aromatic amines is 1. The molecule has 1 saturated heterocycles. The quantitative estimate of drug-likeness (QED) is 0.910. The molecule has 0 bridgehead atoms. The number of likely N-dealkylation sites (tertiary alicyclic amines) is 1. The molecule has 23 heavy (non-hydrogen) atoms. The van der Waals surface area contributed by atoms with Gasteiger partial charge >= 0.3 is 0 Å². The highest BCUT2D eigenvalue weighted by Crippen LogP contribution is 2.50. The number of rotatable bonds is 3. The van der Waals surface area contributed by atoms with Crippen LogP contribution in [0.4, 0.5) is 0 Å². The molecule has 1 N–H and O–H groups in total. The van der Waals surface area contributed by atoms with E-state index in [-0.39, 0.29) is 12.0 Å². The number of benzene rings is 1. The highest BCUT2D eigenvalue weighted by Gasteiger charge is 2.47. The lowest BCUT2D eigenvalue weighted by Crippen LogP contribution is -2.32. The van der Waals surface area contributed by atoms with Crippen molar-refractivity contribution in [3.63, 3.8) is 0 Å². The van der Waals surface area contributed by atoms with E-state index in [1.807, 2.05) is 12.3 Å². The van der Waals surface area contributed by atoms with Crippen molar-refractivity contribution in [2.45, 2.75) is 45.1 Å². The summed E-state index contributed by atoms with van der Waals surface area (Å²) >= 11 is 0. The molecule has 0 spiro atoms. The number of nitrogens with one attached hydrogen (secondary N) is 1. The predicted octanol–water partition coefficient (Wildman–Crippen LogP) is 4.10. The number of H-pyrrole nitrogens is 1. The van der Waals surface area contributed by atoms with Crippen LogP contribution in [0.25, 0.3) is 0 Å². The summed E-state index contributed by atoms with van der Waals surface area (Å²) in [7, 11) is 0. The van der Waals surface area contributed by atoms with Gasteiger partial charge < -0.3 is 9.88 Å². The number of amides is 1. The van der Waals surface area contributed by atoms with Gasteiger partial charge in [-0.1, -0.05) is 18.2 Å². The zero-order valence-electron chi connectivity index (χ0n) is 13.9. The van der Waals surface area contributed by atoms with E-state index in [1.54, 1.807) is 0 Å². The topological polar surface area (TPSA) is 36.1 Å². The molecule has 3 nitrogen and oxygen atoms in total. The molecular formula is C20H24N2O. The van der Waals surface area contributed by atoms with Crippen LogP contribution in [0.2, 0.25) is 0 Å². The number of hydrogen-bond donors (Lipinski definition) is 1. The minimum absolute atomic E-state index is 0.188. The van der Waals surface area contributed by atoms with Crippen molar-refractivity contribution < 1.29 is 4.79 Å². The Labute approximate surface area is 137 Å². The number of carbonyl (C=O) groups excluding carboxylic acids is 1. The largest absolute Gasteiger partial charge is 0.363 e. The Morgan fingerprint density at radius 2 is 2.09 bits per heavy atom. The molecule has 3 atom stereocenters. The van der Waals surface area contributed by atoms with Gasteiger partial charge in [0.1, 0.15) is 0 Å². The number of aromatic nitrogens is 1. The summed E-state index contributed by atoms with van der Waals surface area (Å²) < 4.78 is 0. The first-order valence-electron chi connectivity index (χ1n) is 8.66. The molecule has 120 valence electrons. The molecule has 4 rings (SSSR count). The summed E-state index contributed by atoms with van der Waals surface area (Å²) in [5, 5.41) is 0. The maximum Gasteiger partial charge on any atom is 0.226 e. The number of carbonyl (C=O) groups is 1. The molecule has 2 aliphatic rings. The fourth-order valence-corrected chi connectivity index (χ4v) is 3.95. The second kappa shape index (κ2) is 5.55. The van der Waals surface area contributed by atoms with Gasteiger partial charge in [0.15, 0.2) is 0 Å². The van der Waals surface area contributed by atoms with Gasteiger partial charge in [-0.15, -0.1) is 0 Å². The summed E-state index contributed by atoms with van der Waals surface area (Å²) in [6, 6.07) is 11.0. The molecule has 2 aromatic rings. The van der Waals surface area contributed by atoms with E-state index >= 15 is 0 Å². The Balaban J connectivity index is 1.49. The van der Waals surface area contributed by atoms with Crippen LogP contribution in [0.15, 0.2) is 36.5 Å². The summed E-state index contributed by atoms with van der Waals surface area (Å²) in [5.74, 6) is 0.963. The third kappa shape index (κ3) is 2.58. The maximum atomic E-state index is 13.0. The average molecular weight is 308 g/mol. The van der Waals surface area contributed by atoms with Crippen molar-refractivity contribution >= 4 is 5.91 Å². The van der Waals surface area contributed by atoms with Crippen molar-refractivity contribution in [3.8, 4) is 0 Å². The third-order valence-corrected chi connectivity index (χ3v) is 5.58. The first kappa shape index (κ1) is 14.6. The van der Waals surface area contributed by atoms with Gasteiger partial charge in [-0.3, -0.25) is 4.79 Å². The summed E-state index contributed by atoms with van der Waals surface area (Å²) in [6.45, 7) is 5.19. The van der Waals surface area contributed by atoms with Crippen LogP contribution < -0.4 is 0 Å². The minimum Gasteiger partial charge on any atom is -0.363 e. The van der Waals surface area contributed by atoms with Crippen LogP contribution in [0.1, 0.15) is 53.6 Å². The molecule has 0 unspecified atom stereocenters. The minimum atomic E-state index is 0.188. The van der Waals surface area contributed by atoms with Gasteiger partial charge in [0.05, 0.1) is 6.04 Å². The van der Waals surface area contributed by atoms with E-state index in [0.29, 0.717) is 11.8 Å². The summed E-state index contributed by atoms with van der Waals surface area (Å²) in [5.41, 5.74) is 5.16. The van der Waals surface area contributed by atoms with Gasteiger partial charge in [0.25, 0.3) is 0 Å². The number of hydrogen-bond acceptors (Lipinski definition) is 1. The molecular weight excluding hydrogens is 284 g/mol. The Bertz CT molecular complexity index is 719. The van der Waals surface area contributed by atoms with E-state index < -0.39 is 0 Å². The molecule has 1 saturated carbocycles. The van der Waals surface area contributed by atoms with Crippen molar-refractivity contribution in [1.82, 2.24) is 9.88 Å². The van der Waals surface area contributed by atoms with Gasteiger partial charge in [0.2, 0.25) is 5.91 Å². The van der Waals surface area contributed by atoms with Crippen molar-refractivity contribution in [2.24, 2.45) is 5.92 Å². The monoisotopic (exact) mass is 308 g/mol. The highest BCUT2D eigenvalue weighted by molar-refractivity contribution is 5.83. The van der Waals surface area contributed by atoms with E-state index in [9.17, 15) is 4.79 Å². The molecule has 1 aromatic heterocycles. The van der Waals surface area contributed by atoms with E-state index in [1.165, 1.54) is 22.4 Å². The van der Waals surface area contributed by atoms with Gasteiger partial charge in [0, 0.05) is 24.4 Å². The third-order valence-electron chi connectivity index (χ3n) is 5.58. The average Bonchev–Trinajstić information content (AvgIpc) is 2.96. The lowest BCUT2D eigenvalue weighted by Gasteiger charge is -2.24.